The zero-order chi connectivity index (χ0) is 15.3. The zero-order valence-electron chi connectivity index (χ0n) is 15.6. The van der Waals surface area contributed by atoms with E-state index in [1.807, 2.05) is 0 Å². The first-order valence-corrected chi connectivity index (χ1v) is 8.94. The van der Waals surface area contributed by atoms with Crippen LogP contribution in [0.1, 0.15) is 90.9 Å². The topological polar surface area (TPSA) is 34.7 Å². The molecule has 0 aliphatic heterocycles. The summed E-state index contributed by atoms with van der Waals surface area (Å²) in [5, 5.41) is 0. The Kier molecular flexibility index (Phi) is 21.1. The third-order valence-electron chi connectivity index (χ3n) is 4.85. The maximum atomic E-state index is 4.05. The summed E-state index contributed by atoms with van der Waals surface area (Å²) < 4.78 is 0. The average molecular weight is 336 g/mol. The highest BCUT2D eigenvalue weighted by atomic mass is 35.5. The first kappa shape index (κ1) is 26.8. The second-order valence-corrected chi connectivity index (χ2v) is 6.49. The van der Waals surface area contributed by atoms with E-state index >= 15 is 0 Å². The Morgan fingerprint density at radius 3 is 1.55 bits per heavy atom. The zero-order valence-corrected chi connectivity index (χ0v) is 16.4. The second kappa shape index (κ2) is 17.3. The minimum atomic E-state index is 0. The molecule has 0 aliphatic rings. The van der Waals surface area contributed by atoms with E-state index in [9.17, 15) is 0 Å². The van der Waals surface area contributed by atoms with Crippen LogP contribution in [0.15, 0.2) is 12.7 Å². The Bertz CT molecular complexity index is 233. The van der Waals surface area contributed by atoms with Gasteiger partial charge >= 0.3 is 0 Å². The van der Waals surface area contributed by atoms with Gasteiger partial charge in [0.05, 0.1) is 0 Å². The molecule has 0 bridgehead atoms. The first-order valence-electron chi connectivity index (χ1n) is 8.94. The molecule has 0 spiro atoms. The molecule has 0 aromatic heterocycles. The van der Waals surface area contributed by atoms with Crippen molar-refractivity contribution in [2.45, 2.75) is 96.4 Å². The largest absolute Gasteiger partial charge is 0.412 e. The van der Waals surface area contributed by atoms with Crippen molar-refractivity contribution in [1.82, 2.24) is 4.90 Å². The monoisotopic (exact) mass is 335 g/mol. The van der Waals surface area contributed by atoms with E-state index in [2.05, 4.69) is 45.5 Å². The molecule has 3 heteroatoms. The van der Waals surface area contributed by atoms with Crippen LogP contribution in [0.2, 0.25) is 0 Å². The average Bonchev–Trinajstić information content (AvgIpc) is 2.45. The highest BCUT2D eigenvalue weighted by Crippen LogP contribution is 2.26. The van der Waals surface area contributed by atoms with Crippen molar-refractivity contribution in [3.63, 3.8) is 0 Å². The van der Waals surface area contributed by atoms with Crippen LogP contribution in [0.4, 0.5) is 0 Å². The molecule has 0 aromatic carbocycles. The number of unbranched alkanes of at least 4 members (excludes halogenated alkanes) is 9. The molecule has 1 atom stereocenters. The van der Waals surface area contributed by atoms with Crippen LogP contribution in [0.25, 0.3) is 0 Å². The molecule has 0 heterocycles. The van der Waals surface area contributed by atoms with Gasteiger partial charge in [-0.1, -0.05) is 84.1 Å². The van der Waals surface area contributed by atoms with Crippen molar-refractivity contribution >= 4 is 12.4 Å². The number of nitrogens with zero attached hydrogens (tertiary/aromatic N) is 1. The standard InChI is InChI=1S/C19H39N.ClH.H2O/c1-6-9-10-11-12-13-14-15-16-17-18-19(7-2,8-3)20(4)5;;/h7H,2,6,8-18H2,1,3-5H3;1H;1H2. The third kappa shape index (κ3) is 11.5. The predicted molar refractivity (Wildman–Crippen MR) is 104 cm³/mol. The Hall–Kier alpha value is -0.0500. The van der Waals surface area contributed by atoms with E-state index < -0.39 is 0 Å². The normalized spacial score (nSPS) is 13.1. The SMILES string of the molecule is C=CC(CC)(CCCCCCCCCCCC)N(C)C.Cl.O. The van der Waals surface area contributed by atoms with Gasteiger partial charge < -0.3 is 10.4 Å². The molecule has 0 aromatic rings. The quantitative estimate of drug-likeness (QED) is 0.292. The first-order chi connectivity index (χ1) is 9.63. The highest BCUT2D eigenvalue weighted by Gasteiger charge is 2.25. The molecule has 0 saturated carbocycles. The molecule has 0 saturated heterocycles. The molecule has 0 radical (unpaired) electrons. The van der Waals surface area contributed by atoms with Crippen LogP contribution < -0.4 is 0 Å². The summed E-state index contributed by atoms with van der Waals surface area (Å²) in [6, 6.07) is 0. The third-order valence-corrected chi connectivity index (χ3v) is 4.85. The molecule has 0 rings (SSSR count). The fourth-order valence-electron chi connectivity index (χ4n) is 3.06. The van der Waals surface area contributed by atoms with E-state index in [1.165, 1.54) is 77.0 Å². The van der Waals surface area contributed by atoms with Gasteiger partial charge in [0.2, 0.25) is 0 Å². The molecule has 1 unspecified atom stereocenters. The fraction of sp³-hybridized carbons (Fsp3) is 0.895. The maximum Gasteiger partial charge on any atom is 0.0380 e. The highest BCUT2D eigenvalue weighted by molar-refractivity contribution is 5.85. The van der Waals surface area contributed by atoms with Gasteiger partial charge in [-0.05, 0) is 26.9 Å². The van der Waals surface area contributed by atoms with Gasteiger partial charge in [0.25, 0.3) is 0 Å². The molecular formula is C19H42ClNO. The van der Waals surface area contributed by atoms with Crippen molar-refractivity contribution in [3.05, 3.63) is 12.7 Å². The van der Waals surface area contributed by atoms with E-state index in [-0.39, 0.29) is 23.4 Å². The lowest BCUT2D eigenvalue weighted by Crippen LogP contribution is -2.41. The van der Waals surface area contributed by atoms with Gasteiger partial charge in [-0.3, -0.25) is 0 Å². The summed E-state index contributed by atoms with van der Waals surface area (Å²) in [6.45, 7) is 8.61. The van der Waals surface area contributed by atoms with Crippen molar-refractivity contribution in [2.75, 3.05) is 14.1 Å². The summed E-state index contributed by atoms with van der Waals surface area (Å²) in [5.74, 6) is 0. The lowest BCUT2D eigenvalue weighted by molar-refractivity contribution is 0.182. The lowest BCUT2D eigenvalue weighted by atomic mass is 9.88. The predicted octanol–water partition coefficient (Wildman–Crippen LogP) is 5.79. The Morgan fingerprint density at radius 1 is 0.818 bits per heavy atom. The summed E-state index contributed by atoms with van der Waals surface area (Å²) in [7, 11) is 4.36. The fourth-order valence-corrected chi connectivity index (χ4v) is 3.06. The molecule has 2 N–H and O–H groups in total. The summed E-state index contributed by atoms with van der Waals surface area (Å²) >= 11 is 0. The van der Waals surface area contributed by atoms with Crippen LogP contribution >= 0.6 is 12.4 Å². The Balaban J connectivity index is -0.00000180. The van der Waals surface area contributed by atoms with Crippen molar-refractivity contribution in [2.24, 2.45) is 0 Å². The van der Waals surface area contributed by atoms with E-state index in [0.717, 1.165) is 0 Å². The van der Waals surface area contributed by atoms with Gasteiger partial charge in [0.1, 0.15) is 0 Å². The maximum absolute atomic E-state index is 4.05. The van der Waals surface area contributed by atoms with Gasteiger partial charge in [0, 0.05) is 5.54 Å². The molecule has 2 nitrogen and oxygen atoms in total. The number of hydrogen-bond donors (Lipinski definition) is 0. The van der Waals surface area contributed by atoms with Gasteiger partial charge in [-0.25, -0.2) is 0 Å². The van der Waals surface area contributed by atoms with Crippen molar-refractivity contribution in [3.8, 4) is 0 Å². The Labute approximate surface area is 146 Å². The summed E-state index contributed by atoms with van der Waals surface area (Å²) in [5.41, 5.74) is 0.222. The van der Waals surface area contributed by atoms with Gasteiger partial charge in [0.15, 0.2) is 0 Å². The smallest absolute Gasteiger partial charge is 0.0380 e. The van der Waals surface area contributed by atoms with E-state index in [4.69, 9.17) is 0 Å². The van der Waals surface area contributed by atoms with Crippen molar-refractivity contribution in [1.29, 1.82) is 0 Å². The molecule has 0 fully saturated rings. The molecular weight excluding hydrogens is 294 g/mol. The number of likely N-dealkylation sites (N-methyl/N-ethyl adjacent to an activating group) is 1. The Morgan fingerprint density at radius 2 is 1.23 bits per heavy atom. The summed E-state index contributed by atoms with van der Waals surface area (Å²) in [4.78, 5) is 2.34. The number of rotatable bonds is 14. The molecule has 22 heavy (non-hydrogen) atoms. The molecule has 0 aliphatic carbocycles. The number of halogens is 1. The van der Waals surface area contributed by atoms with E-state index in [1.54, 1.807) is 0 Å². The van der Waals surface area contributed by atoms with Crippen LogP contribution in [0, 0.1) is 0 Å². The molecule has 0 amide bonds. The number of hydrogen-bond acceptors (Lipinski definition) is 1. The van der Waals surface area contributed by atoms with Crippen molar-refractivity contribution < 1.29 is 5.48 Å². The minimum absolute atomic E-state index is 0. The van der Waals surface area contributed by atoms with Gasteiger partial charge in [-0.2, -0.15) is 0 Å². The second-order valence-electron chi connectivity index (χ2n) is 6.49. The van der Waals surface area contributed by atoms with Gasteiger partial charge in [-0.15, -0.1) is 19.0 Å². The summed E-state index contributed by atoms with van der Waals surface area (Å²) in [6.07, 6.45) is 18.7. The molecule has 136 valence electrons. The van der Waals surface area contributed by atoms with Crippen LogP contribution in [0.3, 0.4) is 0 Å². The minimum Gasteiger partial charge on any atom is -0.412 e. The van der Waals surface area contributed by atoms with Crippen LogP contribution in [-0.2, 0) is 0 Å². The van der Waals surface area contributed by atoms with E-state index in [0.29, 0.717) is 0 Å². The van der Waals surface area contributed by atoms with Crippen LogP contribution in [-0.4, -0.2) is 30.0 Å². The van der Waals surface area contributed by atoms with Crippen LogP contribution in [0.5, 0.6) is 0 Å². The lowest BCUT2D eigenvalue weighted by Gasteiger charge is -2.36.